The Balaban J connectivity index is 2.24. The van der Waals surface area contributed by atoms with Gasteiger partial charge >= 0.3 is 5.97 Å². The Bertz CT molecular complexity index is 597. The van der Waals surface area contributed by atoms with Crippen molar-refractivity contribution in [2.75, 3.05) is 13.2 Å². The fourth-order valence-corrected chi connectivity index (χ4v) is 2.15. The number of halogens is 1. The normalized spacial score (nSPS) is 12.5. The van der Waals surface area contributed by atoms with Crippen LogP contribution in [0.4, 0.5) is 0 Å². The van der Waals surface area contributed by atoms with Crippen LogP contribution in [0.2, 0.25) is 5.02 Å². The van der Waals surface area contributed by atoms with Crippen molar-refractivity contribution in [3.05, 3.63) is 47.0 Å². The van der Waals surface area contributed by atoms with E-state index >= 15 is 0 Å². The molecule has 4 nitrogen and oxygen atoms in total. The number of aliphatic hydroxyl groups is 1. The number of fused-ring (bicyclic) bond motifs is 1. The topological polar surface area (TPSA) is 66.8 Å². The van der Waals surface area contributed by atoms with Gasteiger partial charge in [-0.2, -0.15) is 0 Å². The Labute approximate surface area is 115 Å². The van der Waals surface area contributed by atoms with E-state index in [-0.39, 0.29) is 6.61 Å². The Morgan fingerprint density at radius 3 is 2.58 bits per heavy atom. The van der Waals surface area contributed by atoms with Crippen LogP contribution in [-0.4, -0.2) is 29.4 Å². The van der Waals surface area contributed by atoms with Crippen molar-refractivity contribution in [1.82, 2.24) is 0 Å². The molecule has 2 rings (SSSR count). The lowest BCUT2D eigenvalue weighted by Crippen LogP contribution is -2.13. The predicted octanol–water partition coefficient (Wildman–Crippen LogP) is 2.63. The summed E-state index contributed by atoms with van der Waals surface area (Å²) in [6, 6.07) is 10.9. The molecule has 2 aromatic rings. The first-order valence-corrected chi connectivity index (χ1v) is 6.12. The number of aliphatic carboxylic acids is 1. The fourth-order valence-electron chi connectivity index (χ4n) is 1.92. The van der Waals surface area contributed by atoms with Crippen molar-refractivity contribution >= 4 is 28.3 Å². The number of carbonyl (C=O) groups is 1. The highest BCUT2D eigenvalue weighted by atomic mass is 35.5. The smallest absolute Gasteiger partial charge is 0.329 e. The van der Waals surface area contributed by atoms with E-state index in [1.807, 2.05) is 24.3 Å². The lowest BCUT2D eigenvalue weighted by Gasteiger charge is -2.14. The molecule has 1 atom stereocenters. The van der Waals surface area contributed by atoms with Gasteiger partial charge < -0.3 is 14.9 Å². The second-order valence-electron chi connectivity index (χ2n) is 4.11. The number of carboxylic acid groups (broad SMARTS) is 1. The molecule has 0 aliphatic heterocycles. The van der Waals surface area contributed by atoms with E-state index in [4.69, 9.17) is 21.4 Å². The third-order valence-corrected chi connectivity index (χ3v) is 3.09. The van der Waals surface area contributed by atoms with E-state index in [9.17, 15) is 9.90 Å². The molecule has 1 unspecified atom stereocenters. The minimum Gasteiger partial charge on any atom is -0.480 e. The molecule has 0 radical (unpaired) electrons. The zero-order valence-corrected chi connectivity index (χ0v) is 10.8. The Morgan fingerprint density at radius 2 is 1.89 bits per heavy atom. The number of rotatable bonds is 5. The van der Waals surface area contributed by atoms with Gasteiger partial charge in [-0.15, -0.1) is 0 Å². The second-order valence-corrected chi connectivity index (χ2v) is 4.51. The number of aliphatic hydroxyl groups excluding tert-OH is 1. The van der Waals surface area contributed by atoms with Crippen LogP contribution >= 0.6 is 11.6 Å². The summed E-state index contributed by atoms with van der Waals surface area (Å²) in [6.45, 7) is -0.499. The summed E-state index contributed by atoms with van der Waals surface area (Å²) in [7, 11) is 0. The SMILES string of the molecule is O=C(O)COCC(O)c1ccc(Cl)c2ccccc12. The first-order valence-electron chi connectivity index (χ1n) is 5.74. The summed E-state index contributed by atoms with van der Waals surface area (Å²) in [5, 5.41) is 20.8. The fraction of sp³-hybridized carbons (Fsp3) is 0.214. The number of carboxylic acids is 1. The van der Waals surface area contributed by atoms with E-state index in [0.29, 0.717) is 10.6 Å². The van der Waals surface area contributed by atoms with Crippen LogP contribution in [0.3, 0.4) is 0 Å². The van der Waals surface area contributed by atoms with Gasteiger partial charge in [-0.05, 0) is 17.0 Å². The van der Waals surface area contributed by atoms with Crippen LogP contribution in [0.15, 0.2) is 36.4 Å². The average molecular weight is 281 g/mol. The van der Waals surface area contributed by atoms with Crippen molar-refractivity contribution < 1.29 is 19.7 Å². The van der Waals surface area contributed by atoms with E-state index in [0.717, 1.165) is 10.8 Å². The van der Waals surface area contributed by atoms with Gasteiger partial charge in [0, 0.05) is 10.4 Å². The van der Waals surface area contributed by atoms with Gasteiger partial charge in [0.25, 0.3) is 0 Å². The molecule has 2 aromatic carbocycles. The maximum absolute atomic E-state index is 10.4. The molecule has 0 aromatic heterocycles. The molecule has 0 aliphatic rings. The molecular formula is C14H13ClO4. The van der Waals surface area contributed by atoms with Crippen molar-refractivity contribution in [1.29, 1.82) is 0 Å². The molecule has 0 spiro atoms. The van der Waals surface area contributed by atoms with Crippen molar-refractivity contribution in [2.24, 2.45) is 0 Å². The average Bonchev–Trinajstić information content (AvgIpc) is 2.39. The standard InChI is InChI=1S/C14H13ClO4/c15-12-6-5-11(9-3-1-2-4-10(9)12)13(16)7-19-8-14(17)18/h1-6,13,16H,7-8H2,(H,17,18). The van der Waals surface area contributed by atoms with Crippen LogP contribution in [0.5, 0.6) is 0 Å². The van der Waals surface area contributed by atoms with Crippen LogP contribution in [0, 0.1) is 0 Å². The lowest BCUT2D eigenvalue weighted by atomic mass is 10.0. The molecule has 2 N–H and O–H groups in total. The molecule has 0 aliphatic carbocycles. The summed E-state index contributed by atoms with van der Waals surface area (Å²) < 4.78 is 4.91. The molecule has 0 bridgehead atoms. The maximum Gasteiger partial charge on any atom is 0.329 e. The van der Waals surface area contributed by atoms with Crippen LogP contribution in [0.1, 0.15) is 11.7 Å². The van der Waals surface area contributed by atoms with Crippen LogP contribution in [0.25, 0.3) is 10.8 Å². The van der Waals surface area contributed by atoms with Crippen molar-refractivity contribution in [3.63, 3.8) is 0 Å². The predicted molar refractivity (Wildman–Crippen MR) is 72.4 cm³/mol. The quantitative estimate of drug-likeness (QED) is 0.883. The van der Waals surface area contributed by atoms with Crippen molar-refractivity contribution in [3.8, 4) is 0 Å². The zero-order chi connectivity index (χ0) is 13.8. The highest BCUT2D eigenvalue weighted by Gasteiger charge is 2.13. The van der Waals surface area contributed by atoms with Gasteiger partial charge in [0.05, 0.1) is 6.61 Å². The molecule has 19 heavy (non-hydrogen) atoms. The highest BCUT2D eigenvalue weighted by molar-refractivity contribution is 6.35. The van der Waals surface area contributed by atoms with Gasteiger partial charge in [0.15, 0.2) is 0 Å². The third-order valence-electron chi connectivity index (χ3n) is 2.76. The monoisotopic (exact) mass is 280 g/mol. The molecule has 0 saturated carbocycles. The van der Waals surface area contributed by atoms with Crippen molar-refractivity contribution in [2.45, 2.75) is 6.10 Å². The number of ether oxygens (including phenoxy) is 1. The minimum absolute atomic E-state index is 0.0715. The summed E-state index contributed by atoms with van der Waals surface area (Å²) >= 11 is 6.09. The maximum atomic E-state index is 10.4. The third kappa shape index (κ3) is 3.23. The molecule has 0 amide bonds. The summed E-state index contributed by atoms with van der Waals surface area (Å²) in [5.74, 6) is -1.06. The van der Waals surface area contributed by atoms with E-state index < -0.39 is 18.7 Å². The molecule has 0 saturated heterocycles. The zero-order valence-electron chi connectivity index (χ0n) is 10.0. The summed E-state index contributed by atoms with van der Waals surface area (Å²) in [4.78, 5) is 10.4. The summed E-state index contributed by atoms with van der Waals surface area (Å²) in [6.07, 6.45) is -0.887. The molecule has 0 fully saturated rings. The molecule has 100 valence electrons. The van der Waals surface area contributed by atoms with Gasteiger partial charge in [0.1, 0.15) is 12.7 Å². The Kier molecular flexibility index (Phi) is 4.37. The Hall–Kier alpha value is -1.62. The first-order chi connectivity index (χ1) is 9.09. The number of benzene rings is 2. The van der Waals surface area contributed by atoms with Gasteiger partial charge in [-0.25, -0.2) is 4.79 Å². The second kappa shape index (κ2) is 6.02. The van der Waals surface area contributed by atoms with Gasteiger partial charge in [-0.3, -0.25) is 0 Å². The molecule has 5 heteroatoms. The van der Waals surface area contributed by atoms with Gasteiger partial charge in [-0.1, -0.05) is 41.9 Å². The lowest BCUT2D eigenvalue weighted by molar-refractivity contribution is -0.143. The van der Waals surface area contributed by atoms with Crippen LogP contribution in [-0.2, 0) is 9.53 Å². The van der Waals surface area contributed by atoms with E-state index in [1.54, 1.807) is 12.1 Å². The van der Waals surface area contributed by atoms with E-state index in [1.165, 1.54) is 0 Å². The molecular weight excluding hydrogens is 268 g/mol. The van der Waals surface area contributed by atoms with E-state index in [2.05, 4.69) is 0 Å². The minimum atomic E-state index is -1.06. The molecule has 0 heterocycles. The Morgan fingerprint density at radius 1 is 1.21 bits per heavy atom. The summed E-state index contributed by atoms with van der Waals surface area (Å²) in [5.41, 5.74) is 0.672. The largest absolute Gasteiger partial charge is 0.480 e. The highest BCUT2D eigenvalue weighted by Crippen LogP contribution is 2.29. The van der Waals surface area contributed by atoms with Crippen LogP contribution < -0.4 is 0 Å². The number of hydrogen-bond acceptors (Lipinski definition) is 3. The number of hydrogen-bond donors (Lipinski definition) is 2. The van der Waals surface area contributed by atoms with Gasteiger partial charge in [0.2, 0.25) is 0 Å². The first kappa shape index (κ1) is 13.8.